The number of rotatable bonds is 5. The number of unbranched alkanes of at least 4 members (excludes halogenated alkanes) is 2. The molecule has 1 aromatic carbocycles. The summed E-state index contributed by atoms with van der Waals surface area (Å²) in [5, 5.41) is 0. The van der Waals surface area contributed by atoms with E-state index in [1.165, 1.54) is 36.0 Å². The fraction of sp³-hybridized carbons (Fsp3) is 0.636. The molecule has 0 bridgehead atoms. The van der Waals surface area contributed by atoms with Gasteiger partial charge in [-0.25, -0.2) is 0 Å². The maximum atomic E-state index is 6.50. The second-order valence-corrected chi connectivity index (χ2v) is 8.08. The molecule has 0 saturated heterocycles. The molecule has 0 spiro atoms. The van der Waals surface area contributed by atoms with Gasteiger partial charge in [-0.05, 0) is 63.6 Å². The lowest BCUT2D eigenvalue weighted by Gasteiger charge is -2.48. The molecule has 1 aromatic rings. The molecule has 1 fully saturated rings. The normalized spacial score (nSPS) is 24.8. The molecule has 2 unspecified atom stereocenters. The van der Waals surface area contributed by atoms with Crippen LogP contribution in [0.3, 0.4) is 0 Å². The van der Waals surface area contributed by atoms with Crippen molar-refractivity contribution in [2.75, 3.05) is 7.11 Å². The van der Waals surface area contributed by atoms with E-state index in [2.05, 4.69) is 39.5 Å². The Balaban J connectivity index is 2.00. The van der Waals surface area contributed by atoms with Crippen LogP contribution in [-0.4, -0.2) is 12.7 Å². The molecule has 0 aromatic heterocycles. The van der Waals surface area contributed by atoms with E-state index < -0.39 is 0 Å². The molecule has 1 saturated carbocycles. The quantitative estimate of drug-likeness (QED) is 0.484. The first kappa shape index (κ1) is 17.4. The molecule has 2 atom stereocenters. The zero-order valence-electron chi connectivity index (χ0n) is 15.8. The van der Waals surface area contributed by atoms with Crippen molar-refractivity contribution in [3.63, 3.8) is 0 Å². The van der Waals surface area contributed by atoms with Crippen LogP contribution in [0.15, 0.2) is 24.3 Å². The summed E-state index contributed by atoms with van der Waals surface area (Å²) in [6.07, 6.45) is 8.20. The highest BCUT2D eigenvalue weighted by molar-refractivity contribution is 5.53. The van der Waals surface area contributed by atoms with Crippen molar-refractivity contribution in [1.29, 1.82) is 0 Å². The highest BCUT2D eigenvalue weighted by Gasteiger charge is 2.46. The molecule has 0 radical (unpaired) electrons. The average molecular weight is 328 g/mol. The van der Waals surface area contributed by atoms with E-state index in [0.29, 0.717) is 11.8 Å². The Morgan fingerprint density at radius 1 is 1.29 bits per heavy atom. The Bertz CT molecular complexity index is 615. The maximum absolute atomic E-state index is 6.50. The lowest BCUT2D eigenvalue weighted by Crippen LogP contribution is -2.46. The summed E-state index contributed by atoms with van der Waals surface area (Å²) in [4.78, 5) is 0. The van der Waals surface area contributed by atoms with Crippen LogP contribution < -0.4 is 9.47 Å². The standard InChI is InChI=1S/C22H32O2/c1-6-7-8-9-16-13-19(23-5)21-17-12-15(2)10-11-18(17)22(3,4)24-20(21)14-16/h13-14,17-18H,2,6-12H2,1,3-5H3. The summed E-state index contributed by atoms with van der Waals surface area (Å²) in [6, 6.07) is 4.51. The SMILES string of the molecule is C=C1CCC2C(C1)c1c(OC)cc(CCCCC)cc1OC2(C)C. The molecule has 132 valence electrons. The van der Waals surface area contributed by atoms with E-state index in [4.69, 9.17) is 9.47 Å². The second kappa shape index (κ2) is 6.82. The molecular formula is C22H32O2. The van der Waals surface area contributed by atoms with Crippen molar-refractivity contribution in [1.82, 2.24) is 0 Å². The number of hydrogen-bond donors (Lipinski definition) is 0. The van der Waals surface area contributed by atoms with Crippen molar-refractivity contribution >= 4 is 0 Å². The van der Waals surface area contributed by atoms with Crippen molar-refractivity contribution in [3.8, 4) is 11.5 Å². The van der Waals surface area contributed by atoms with Crippen LogP contribution in [0.2, 0.25) is 0 Å². The lowest BCUT2D eigenvalue weighted by atomic mass is 9.65. The Labute approximate surface area is 147 Å². The molecular weight excluding hydrogens is 296 g/mol. The van der Waals surface area contributed by atoms with Crippen molar-refractivity contribution in [3.05, 3.63) is 35.4 Å². The molecule has 1 aliphatic carbocycles. The van der Waals surface area contributed by atoms with E-state index in [1.54, 1.807) is 7.11 Å². The molecule has 0 amide bonds. The third-order valence-electron chi connectivity index (χ3n) is 5.89. The molecule has 24 heavy (non-hydrogen) atoms. The number of hydrogen-bond acceptors (Lipinski definition) is 2. The number of allylic oxidation sites excluding steroid dienone is 1. The van der Waals surface area contributed by atoms with Gasteiger partial charge < -0.3 is 9.47 Å². The van der Waals surface area contributed by atoms with Gasteiger partial charge in [0.25, 0.3) is 0 Å². The predicted octanol–water partition coefficient (Wildman–Crippen LogP) is 6.04. The summed E-state index contributed by atoms with van der Waals surface area (Å²) in [5.41, 5.74) is 3.87. The van der Waals surface area contributed by atoms with Gasteiger partial charge in [-0.1, -0.05) is 31.9 Å². The van der Waals surface area contributed by atoms with Crippen molar-refractivity contribution in [2.45, 2.75) is 77.2 Å². The van der Waals surface area contributed by atoms with Crippen LogP contribution in [0.25, 0.3) is 0 Å². The minimum atomic E-state index is -0.120. The number of fused-ring (bicyclic) bond motifs is 3. The summed E-state index contributed by atoms with van der Waals surface area (Å²) in [6.45, 7) is 11.0. The zero-order chi connectivity index (χ0) is 17.3. The summed E-state index contributed by atoms with van der Waals surface area (Å²) in [7, 11) is 1.79. The van der Waals surface area contributed by atoms with Gasteiger partial charge in [-0.15, -0.1) is 0 Å². The zero-order valence-corrected chi connectivity index (χ0v) is 15.8. The summed E-state index contributed by atoms with van der Waals surface area (Å²) >= 11 is 0. The summed E-state index contributed by atoms with van der Waals surface area (Å²) < 4.78 is 12.3. The molecule has 3 rings (SSSR count). The van der Waals surface area contributed by atoms with Gasteiger partial charge in [0.15, 0.2) is 0 Å². The van der Waals surface area contributed by atoms with Crippen LogP contribution >= 0.6 is 0 Å². The lowest BCUT2D eigenvalue weighted by molar-refractivity contribution is -0.000884. The Morgan fingerprint density at radius 2 is 2.08 bits per heavy atom. The van der Waals surface area contributed by atoms with Crippen molar-refractivity contribution < 1.29 is 9.47 Å². The van der Waals surface area contributed by atoms with Crippen LogP contribution in [0.1, 0.15) is 76.3 Å². The van der Waals surface area contributed by atoms with E-state index in [9.17, 15) is 0 Å². The predicted molar refractivity (Wildman–Crippen MR) is 100 cm³/mol. The number of methoxy groups -OCH3 is 1. The van der Waals surface area contributed by atoms with E-state index in [-0.39, 0.29) is 5.60 Å². The molecule has 0 N–H and O–H groups in total. The minimum absolute atomic E-state index is 0.120. The Kier molecular flexibility index (Phi) is 4.94. The fourth-order valence-electron chi connectivity index (χ4n) is 4.61. The first-order valence-electron chi connectivity index (χ1n) is 9.52. The van der Waals surface area contributed by atoms with E-state index in [1.807, 2.05) is 0 Å². The third kappa shape index (κ3) is 3.20. The first-order chi connectivity index (χ1) is 11.5. The minimum Gasteiger partial charge on any atom is -0.496 e. The number of benzene rings is 1. The topological polar surface area (TPSA) is 18.5 Å². The van der Waals surface area contributed by atoms with E-state index in [0.717, 1.165) is 37.2 Å². The number of aryl methyl sites for hydroxylation is 1. The molecule has 2 aliphatic rings. The van der Waals surface area contributed by atoms with Crippen LogP contribution in [0.5, 0.6) is 11.5 Å². The fourth-order valence-corrected chi connectivity index (χ4v) is 4.61. The van der Waals surface area contributed by atoms with Gasteiger partial charge in [0, 0.05) is 17.4 Å². The highest BCUT2D eigenvalue weighted by atomic mass is 16.5. The van der Waals surface area contributed by atoms with Gasteiger partial charge in [0.2, 0.25) is 0 Å². The van der Waals surface area contributed by atoms with Gasteiger partial charge in [0.05, 0.1) is 7.11 Å². The molecule has 1 heterocycles. The maximum Gasteiger partial charge on any atom is 0.127 e. The van der Waals surface area contributed by atoms with Gasteiger partial charge in [0.1, 0.15) is 17.1 Å². The second-order valence-electron chi connectivity index (χ2n) is 8.08. The number of ether oxygens (including phenoxy) is 2. The van der Waals surface area contributed by atoms with Crippen LogP contribution in [0, 0.1) is 5.92 Å². The van der Waals surface area contributed by atoms with Gasteiger partial charge in [-0.3, -0.25) is 0 Å². The molecule has 1 aliphatic heterocycles. The first-order valence-corrected chi connectivity index (χ1v) is 9.52. The molecule has 2 heteroatoms. The Morgan fingerprint density at radius 3 is 2.79 bits per heavy atom. The van der Waals surface area contributed by atoms with Gasteiger partial charge in [-0.2, -0.15) is 0 Å². The van der Waals surface area contributed by atoms with Crippen molar-refractivity contribution in [2.24, 2.45) is 5.92 Å². The van der Waals surface area contributed by atoms with E-state index >= 15 is 0 Å². The third-order valence-corrected chi connectivity index (χ3v) is 5.89. The average Bonchev–Trinajstić information content (AvgIpc) is 2.53. The summed E-state index contributed by atoms with van der Waals surface area (Å²) in [5.74, 6) is 3.07. The largest absolute Gasteiger partial charge is 0.496 e. The molecule has 2 nitrogen and oxygen atoms in total. The monoisotopic (exact) mass is 328 g/mol. The van der Waals surface area contributed by atoms with Gasteiger partial charge >= 0.3 is 0 Å². The highest BCUT2D eigenvalue weighted by Crippen LogP contribution is 2.55. The Hall–Kier alpha value is -1.44. The van der Waals surface area contributed by atoms with Crippen LogP contribution in [-0.2, 0) is 6.42 Å². The van der Waals surface area contributed by atoms with Crippen LogP contribution in [0.4, 0.5) is 0 Å². The smallest absolute Gasteiger partial charge is 0.127 e.